The molecule has 0 radical (unpaired) electrons. The monoisotopic (exact) mass is 290 g/mol. The van der Waals surface area contributed by atoms with E-state index in [4.69, 9.17) is 4.74 Å². The largest absolute Gasteiger partial charge is 0.497 e. The van der Waals surface area contributed by atoms with Crippen LogP contribution in [0.25, 0.3) is 0 Å². The van der Waals surface area contributed by atoms with Gasteiger partial charge in [-0.25, -0.2) is 0 Å². The first kappa shape index (κ1) is 14.3. The number of aryl methyl sites for hydroxylation is 1. The van der Waals surface area contributed by atoms with Gasteiger partial charge in [-0.2, -0.15) is 9.78 Å². The molecule has 0 spiro atoms. The highest BCUT2D eigenvalue weighted by Gasteiger charge is 2.06. The predicted octanol–water partition coefficient (Wildman–Crippen LogP) is 1.56. The fraction of sp³-hybridized carbons (Fsp3) is 0.231. The van der Waals surface area contributed by atoms with Crippen molar-refractivity contribution in [3.63, 3.8) is 0 Å². The van der Waals surface area contributed by atoms with Gasteiger partial charge in [0, 0.05) is 0 Å². The molecule has 1 aromatic heterocycles. The minimum atomic E-state index is -0.269. The third kappa shape index (κ3) is 3.05. The summed E-state index contributed by atoms with van der Waals surface area (Å²) in [5, 5.41) is 12.4. The van der Waals surface area contributed by atoms with E-state index in [0.717, 1.165) is 11.3 Å². The van der Waals surface area contributed by atoms with E-state index in [2.05, 4.69) is 15.3 Å². The molecule has 0 N–H and O–H groups in total. The van der Waals surface area contributed by atoms with E-state index in [9.17, 15) is 4.79 Å². The lowest BCUT2D eigenvalue weighted by molar-refractivity contribution is 0.415. The number of methoxy groups -OCH3 is 1. The molecule has 0 saturated heterocycles. The van der Waals surface area contributed by atoms with Crippen molar-refractivity contribution in [2.45, 2.75) is 12.1 Å². The standard InChI is InChI=1S/C13H14N4O2S/c1-9-12(18)17(13(20-3)16-15-9)14-8-10-4-6-11(19-2)7-5-10/h4-8H,1-3H3/b14-8+. The van der Waals surface area contributed by atoms with Gasteiger partial charge < -0.3 is 4.74 Å². The molecule has 0 fully saturated rings. The second kappa shape index (κ2) is 6.33. The van der Waals surface area contributed by atoms with Gasteiger partial charge in [0.25, 0.3) is 5.56 Å². The minimum absolute atomic E-state index is 0.269. The fourth-order valence-corrected chi connectivity index (χ4v) is 1.91. The number of hydrogen-bond acceptors (Lipinski definition) is 6. The summed E-state index contributed by atoms with van der Waals surface area (Å²) in [6, 6.07) is 7.37. The Bertz CT molecular complexity index is 680. The van der Waals surface area contributed by atoms with Gasteiger partial charge in [-0.05, 0) is 43.0 Å². The average Bonchev–Trinajstić information content (AvgIpc) is 2.49. The lowest BCUT2D eigenvalue weighted by atomic mass is 10.2. The lowest BCUT2D eigenvalue weighted by Gasteiger charge is -2.03. The Morgan fingerprint density at radius 3 is 2.60 bits per heavy atom. The van der Waals surface area contributed by atoms with Crippen LogP contribution in [-0.2, 0) is 0 Å². The first-order valence-corrected chi connectivity index (χ1v) is 7.07. The summed E-state index contributed by atoms with van der Waals surface area (Å²) in [6.07, 6.45) is 3.42. The van der Waals surface area contributed by atoms with Crippen LogP contribution in [0.5, 0.6) is 5.75 Å². The van der Waals surface area contributed by atoms with Crippen LogP contribution in [0.15, 0.2) is 39.3 Å². The van der Waals surface area contributed by atoms with E-state index < -0.39 is 0 Å². The molecule has 0 saturated carbocycles. The number of thioether (sulfide) groups is 1. The summed E-state index contributed by atoms with van der Waals surface area (Å²) in [4.78, 5) is 12.0. The molecule has 0 aliphatic carbocycles. The molecule has 2 rings (SSSR count). The zero-order valence-electron chi connectivity index (χ0n) is 11.4. The molecule has 7 heteroatoms. The van der Waals surface area contributed by atoms with Gasteiger partial charge in [0.05, 0.1) is 13.3 Å². The molecule has 104 valence electrons. The third-order valence-corrected chi connectivity index (χ3v) is 3.21. The summed E-state index contributed by atoms with van der Waals surface area (Å²) in [5.74, 6) is 0.769. The van der Waals surface area contributed by atoms with Gasteiger partial charge in [0.1, 0.15) is 11.4 Å². The van der Waals surface area contributed by atoms with Crippen molar-refractivity contribution in [2.75, 3.05) is 13.4 Å². The van der Waals surface area contributed by atoms with Crippen LogP contribution in [0.1, 0.15) is 11.3 Å². The lowest BCUT2D eigenvalue weighted by Crippen LogP contribution is -2.23. The van der Waals surface area contributed by atoms with Crippen molar-refractivity contribution in [3.05, 3.63) is 45.9 Å². The molecule has 0 atom stereocenters. The van der Waals surface area contributed by atoms with E-state index in [1.54, 1.807) is 20.2 Å². The summed E-state index contributed by atoms with van der Waals surface area (Å²) < 4.78 is 6.33. The second-order valence-electron chi connectivity index (χ2n) is 3.91. The van der Waals surface area contributed by atoms with Crippen LogP contribution in [0, 0.1) is 6.92 Å². The molecule has 0 aliphatic heterocycles. The first-order chi connectivity index (χ1) is 9.65. The van der Waals surface area contributed by atoms with E-state index >= 15 is 0 Å². The minimum Gasteiger partial charge on any atom is -0.497 e. The third-order valence-electron chi connectivity index (χ3n) is 2.59. The maximum atomic E-state index is 12.0. The van der Waals surface area contributed by atoms with Gasteiger partial charge in [-0.15, -0.1) is 10.2 Å². The molecule has 6 nitrogen and oxygen atoms in total. The van der Waals surface area contributed by atoms with E-state index in [-0.39, 0.29) is 5.56 Å². The number of aromatic nitrogens is 3. The molecule has 0 bridgehead atoms. The Hall–Kier alpha value is -2.15. The zero-order valence-corrected chi connectivity index (χ0v) is 12.2. The molecule has 1 aromatic carbocycles. The highest BCUT2D eigenvalue weighted by atomic mass is 32.2. The Morgan fingerprint density at radius 2 is 2.00 bits per heavy atom. The maximum absolute atomic E-state index is 12.0. The fourth-order valence-electron chi connectivity index (χ4n) is 1.49. The molecule has 0 amide bonds. The van der Waals surface area contributed by atoms with Gasteiger partial charge in [0.2, 0.25) is 5.16 Å². The Kier molecular flexibility index (Phi) is 4.52. The summed E-state index contributed by atoms with van der Waals surface area (Å²) >= 11 is 1.32. The van der Waals surface area contributed by atoms with Crippen LogP contribution in [0.2, 0.25) is 0 Å². The summed E-state index contributed by atoms with van der Waals surface area (Å²) in [6.45, 7) is 1.61. The van der Waals surface area contributed by atoms with Crippen molar-refractivity contribution in [1.82, 2.24) is 14.9 Å². The Morgan fingerprint density at radius 1 is 1.30 bits per heavy atom. The number of nitrogens with zero attached hydrogens (tertiary/aromatic N) is 4. The smallest absolute Gasteiger partial charge is 0.296 e. The van der Waals surface area contributed by atoms with Crippen molar-refractivity contribution in [2.24, 2.45) is 5.10 Å². The SMILES string of the molecule is COc1ccc(/C=N/n2c(SC)nnc(C)c2=O)cc1. The van der Waals surface area contributed by atoms with Crippen molar-refractivity contribution in [1.29, 1.82) is 0 Å². The van der Waals surface area contributed by atoms with Gasteiger partial charge in [-0.3, -0.25) is 4.79 Å². The van der Waals surface area contributed by atoms with Crippen LogP contribution >= 0.6 is 11.8 Å². The van der Waals surface area contributed by atoms with Gasteiger partial charge >= 0.3 is 0 Å². The number of rotatable bonds is 4. The number of ether oxygens (including phenoxy) is 1. The molecule has 20 heavy (non-hydrogen) atoms. The Labute approximate surface area is 120 Å². The van der Waals surface area contributed by atoms with Crippen LogP contribution in [-0.4, -0.2) is 34.5 Å². The highest BCUT2D eigenvalue weighted by Crippen LogP contribution is 2.11. The second-order valence-corrected chi connectivity index (χ2v) is 4.68. The van der Waals surface area contributed by atoms with E-state index in [1.165, 1.54) is 16.4 Å². The molecular weight excluding hydrogens is 276 g/mol. The molecule has 0 unspecified atom stereocenters. The average molecular weight is 290 g/mol. The molecule has 2 aromatic rings. The topological polar surface area (TPSA) is 69.4 Å². The zero-order chi connectivity index (χ0) is 14.5. The number of hydrogen-bond donors (Lipinski definition) is 0. The highest BCUT2D eigenvalue weighted by molar-refractivity contribution is 7.98. The van der Waals surface area contributed by atoms with Crippen molar-refractivity contribution >= 4 is 18.0 Å². The summed E-state index contributed by atoms with van der Waals surface area (Å²) in [5.41, 5.74) is 0.906. The van der Waals surface area contributed by atoms with Crippen molar-refractivity contribution < 1.29 is 4.74 Å². The Balaban J connectivity index is 2.35. The first-order valence-electron chi connectivity index (χ1n) is 5.84. The van der Waals surface area contributed by atoms with Crippen molar-refractivity contribution in [3.8, 4) is 5.75 Å². The summed E-state index contributed by atoms with van der Waals surface area (Å²) in [7, 11) is 1.61. The van der Waals surface area contributed by atoms with Crippen LogP contribution in [0.4, 0.5) is 0 Å². The van der Waals surface area contributed by atoms with Gasteiger partial charge in [-0.1, -0.05) is 11.8 Å². The predicted molar refractivity (Wildman–Crippen MR) is 78.8 cm³/mol. The molecule has 0 aliphatic rings. The van der Waals surface area contributed by atoms with E-state index in [0.29, 0.717) is 10.9 Å². The molecular formula is C13H14N4O2S. The van der Waals surface area contributed by atoms with Crippen LogP contribution < -0.4 is 10.3 Å². The quantitative estimate of drug-likeness (QED) is 0.631. The molecule has 1 heterocycles. The van der Waals surface area contributed by atoms with Gasteiger partial charge in [0.15, 0.2) is 0 Å². The van der Waals surface area contributed by atoms with E-state index in [1.807, 2.05) is 30.5 Å². The normalized spacial score (nSPS) is 10.9. The maximum Gasteiger partial charge on any atom is 0.296 e. The van der Waals surface area contributed by atoms with Crippen LogP contribution in [0.3, 0.4) is 0 Å². The number of benzene rings is 1.